The summed E-state index contributed by atoms with van der Waals surface area (Å²) in [5, 5.41) is 0. The number of fused-ring (bicyclic) bond motifs is 1. The average Bonchev–Trinajstić information content (AvgIpc) is 3.30. The van der Waals surface area contributed by atoms with E-state index < -0.39 is 0 Å². The van der Waals surface area contributed by atoms with E-state index in [1.165, 1.54) is 5.56 Å². The molecule has 3 heterocycles. The van der Waals surface area contributed by atoms with E-state index in [9.17, 15) is 4.79 Å². The zero-order valence-electron chi connectivity index (χ0n) is 16.8. The fraction of sp³-hybridized carbons (Fsp3) is 0.292. The fourth-order valence-corrected chi connectivity index (χ4v) is 4.88. The molecule has 30 heavy (non-hydrogen) atoms. The second-order valence-electron chi connectivity index (χ2n) is 7.58. The lowest BCUT2D eigenvalue weighted by molar-refractivity contribution is 0.0633. The smallest absolute Gasteiger partial charge is 0.264 e. The highest BCUT2D eigenvalue weighted by Gasteiger charge is 2.23. The molecule has 154 valence electrons. The van der Waals surface area contributed by atoms with Gasteiger partial charge < -0.3 is 14.4 Å². The van der Waals surface area contributed by atoms with Crippen LogP contribution in [0.5, 0.6) is 11.5 Å². The van der Waals surface area contributed by atoms with Crippen molar-refractivity contribution < 1.29 is 14.3 Å². The van der Waals surface area contributed by atoms with E-state index in [2.05, 4.69) is 29.2 Å². The molecule has 2 aliphatic rings. The van der Waals surface area contributed by atoms with Crippen molar-refractivity contribution in [2.45, 2.75) is 6.54 Å². The number of piperazine rings is 1. The highest BCUT2D eigenvalue weighted by molar-refractivity contribution is 7.17. The van der Waals surface area contributed by atoms with Crippen molar-refractivity contribution in [2.75, 3.05) is 39.4 Å². The van der Waals surface area contributed by atoms with Crippen molar-refractivity contribution in [1.29, 1.82) is 0 Å². The largest absolute Gasteiger partial charge is 0.486 e. The third-order valence-corrected chi connectivity index (χ3v) is 6.67. The number of rotatable bonds is 4. The van der Waals surface area contributed by atoms with Crippen molar-refractivity contribution in [1.82, 2.24) is 9.80 Å². The summed E-state index contributed by atoms with van der Waals surface area (Å²) in [6, 6.07) is 20.4. The maximum atomic E-state index is 13.0. The van der Waals surface area contributed by atoms with Crippen LogP contribution in [-0.4, -0.2) is 55.1 Å². The first-order valence-electron chi connectivity index (χ1n) is 10.3. The molecule has 1 aromatic heterocycles. The van der Waals surface area contributed by atoms with Gasteiger partial charge in [-0.1, -0.05) is 30.3 Å². The average molecular weight is 421 g/mol. The standard InChI is InChI=1S/C24H24N2O3S/c27-24(26-12-10-25(11-13-26)17-18-4-2-1-3-5-18)23-9-8-22(30-23)19-6-7-20-21(16-19)29-15-14-28-20/h1-9,16H,10-15,17H2. The lowest BCUT2D eigenvalue weighted by Crippen LogP contribution is -2.48. The van der Waals surface area contributed by atoms with E-state index in [0.29, 0.717) is 13.2 Å². The molecular formula is C24H24N2O3S. The summed E-state index contributed by atoms with van der Waals surface area (Å²) in [5.74, 6) is 1.68. The predicted molar refractivity (Wildman–Crippen MR) is 118 cm³/mol. The summed E-state index contributed by atoms with van der Waals surface area (Å²) in [4.78, 5) is 19.3. The zero-order valence-corrected chi connectivity index (χ0v) is 17.6. The monoisotopic (exact) mass is 420 g/mol. The minimum atomic E-state index is 0.128. The fourth-order valence-electron chi connectivity index (χ4n) is 3.91. The molecule has 0 saturated carbocycles. The number of ether oxygens (including phenoxy) is 2. The molecule has 1 fully saturated rings. The number of benzene rings is 2. The Labute approximate surface area is 180 Å². The third-order valence-electron chi connectivity index (χ3n) is 5.55. The van der Waals surface area contributed by atoms with E-state index in [-0.39, 0.29) is 5.91 Å². The van der Waals surface area contributed by atoms with E-state index in [1.54, 1.807) is 11.3 Å². The first-order chi connectivity index (χ1) is 14.8. The van der Waals surface area contributed by atoms with Crippen LogP contribution in [-0.2, 0) is 6.54 Å². The summed E-state index contributed by atoms with van der Waals surface area (Å²) in [7, 11) is 0. The topological polar surface area (TPSA) is 42.0 Å². The molecule has 0 atom stereocenters. The van der Waals surface area contributed by atoms with Gasteiger partial charge in [-0.05, 0) is 41.5 Å². The van der Waals surface area contributed by atoms with Gasteiger partial charge in [0.05, 0.1) is 4.88 Å². The Bertz CT molecular complexity index is 1030. The molecule has 0 spiro atoms. The zero-order chi connectivity index (χ0) is 20.3. The van der Waals surface area contributed by atoms with E-state index in [0.717, 1.165) is 59.5 Å². The van der Waals surface area contributed by atoms with Crippen LogP contribution >= 0.6 is 11.3 Å². The van der Waals surface area contributed by atoms with Gasteiger partial charge >= 0.3 is 0 Å². The molecule has 0 aliphatic carbocycles. The van der Waals surface area contributed by atoms with E-state index in [4.69, 9.17) is 9.47 Å². The summed E-state index contributed by atoms with van der Waals surface area (Å²) in [5.41, 5.74) is 2.37. The molecule has 3 aromatic rings. The number of hydrogen-bond donors (Lipinski definition) is 0. The summed E-state index contributed by atoms with van der Waals surface area (Å²) in [6.45, 7) is 5.44. The maximum Gasteiger partial charge on any atom is 0.264 e. The molecule has 0 unspecified atom stereocenters. The third kappa shape index (κ3) is 4.06. The SMILES string of the molecule is O=C(c1ccc(-c2ccc3c(c2)OCCO3)s1)N1CCN(Cc2ccccc2)CC1. The van der Waals surface area contributed by atoms with Gasteiger partial charge in [0.2, 0.25) is 0 Å². The second-order valence-corrected chi connectivity index (χ2v) is 8.66. The second kappa shape index (κ2) is 8.50. The van der Waals surface area contributed by atoms with Gasteiger partial charge in [-0.3, -0.25) is 9.69 Å². The minimum Gasteiger partial charge on any atom is -0.486 e. The predicted octanol–water partition coefficient (Wildman–Crippen LogP) is 4.14. The van der Waals surface area contributed by atoms with Gasteiger partial charge in [-0.25, -0.2) is 0 Å². The molecule has 0 radical (unpaired) electrons. The van der Waals surface area contributed by atoms with Crippen LogP contribution in [0.3, 0.4) is 0 Å². The molecule has 1 amide bonds. The van der Waals surface area contributed by atoms with Crippen LogP contribution in [0.1, 0.15) is 15.2 Å². The van der Waals surface area contributed by atoms with Gasteiger partial charge in [-0.15, -0.1) is 11.3 Å². The van der Waals surface area contributed by atoms with Crippen LogP contribution < -0.4 is 9.47 Å². The van der Waals surface area contributed by atoms with Gasteiger partial charge in [-0.2, -0.15) is 0 Å². The molecule has 1 saturated heterocycles. The van der Waals surface area contributed by atoms with Crippen LogP contribution in [0, 0.1) is 0 Å². The first kappa shape index (κ1) is 19.2. The Morgan fingerprint density at radius 1 is 0.867 bits per heavy atom. The molecule has 0 bridgehead atoms. The highest BCUT2D eigenvalue weighted by Crippen LogP contribution is 2.37. The van der Waals surface area contributed by atoms with Crippen LogP contribution in [0.15, 0.2) is 60.7 Å². The van der Waals surface area contributed by atoms with Gasteiger partial charge in [0.1, 0.15) is 13.2 Å². The van der Waals surface area contributed by atoms with E-state index in [1.807, 2.05) is 41.3 Å². The lowest BCUT2D eigenvalue weighted by Gasteiger charge is -2.34. The molecule has 5 nitrogen and oxygen atoms in total. The summed E-state index contributed by atoms with van der Waals surface area (Å²) < 4.78 is 11.3. The maximum absolute atomic E-state index is 13.0. The number of carbonyl (C=O) groups is 1. The van der Waals surface area contributed by atoms with Gasteiger partial charge in [0.25, 0.3) is 5.91 Å². The van der Waals surface area contributed by atoms with E-state index >= 15 is 0 Å². The summed E-state index contributed by atoms with van der Waals surface area (Å²) >= 11 is 1.54. The quantitative estimate of drug-likeness (QED) is 0.636. The molecule has 5 rings (SSSR count). The van der Waals surface area contributed by atoms with Crippen molar-refractivity contribution in [3.05, 3.63) is 71.1 Å². The lowest BCUT2D eigenvalue weighted by atomic mass is 10.1. The Morgan fingerprint density at radius 3 is 2.43 bits per heavy atom. The van der Waals surface area contributed by atoms with Crippen LogP contribution in [0.25, 0.3) is 10.4 Å². The normalized spacial score (nSPS) is 16.5. The molecule has 0 N–H and O–H groups in total. The Balaban J connectivity index is 1.22. The van der Waals surface area contributed by atoms with Crippen molar-refractivity contribution in [3.63, 3.8) is 0 Å². The number of hydrogen-bond acceptors (Lipinski definition) is 5. The number of thiophene rings is 1. The number of nitrogens with zero attached hydrogens (tertiary/aromatic N) is 2. The number of carbonyl (C=O) groups excluding carboxylic acids is 1. The van der Waals surface area contributed by atoms with Gasteiger partial charge in [0, 0.05) is 37.6 Å². The van der Waals surface area contributed by atoms with Crippen LogP contribution in [0.4, 0.5) is 0 Å². The first-order valence-corrected chi connectivity index (χ1v) is 11.1. The van der Waals surface area contributed by atoms with Crippen molar-refractivity contribution in [2.24, 2.45) is 0 Å². The van der Waals surface area contributed by atoms with Gasteiger partial charge in [0.15, 0.2) is 11.5 Å². The molecule has 2 aromatic carbocycles. The van der Waals surface area contributed by atoms with Crippen molar-refractivity contribution in [3.8, 4) is 21.9 Å². The minimum absolute atomic E-state index is 0.128. The molecule has 2 aliphatic heterocycles. The van der Waals surface area contributed by atoms with Crippen LogP contribution in [0.2, 0.25) is 0 Å². The number of amides is 1. The molecular weight excluding hydrogens is 396 g/mol. The van der Waals surface area contributed by atoms with Crippen molar-refractivity contribution >= 4 is 17.2 Å². The highest BCUT2D eigenvalue weighted by atomic mass is 32.1. The Morgan fingerprint density at radius 2 is 1.63 bits per heavy atom. The Hall–Kier alpha value is -2.83. The molecule has 6 heteroatoms. The summed E-state index contributed by atoms with van der Waals surface area (Å²) in [6.07, 6.45) is 0. The Kier molecular flexibility index (Phi) is 5.43.